The molecule has 2 rings (SSSR count). The average molecular weight is 329 g/mol. The van der Waals surface area contributed by atoms with Crippen molar-refractivity contribution in [2.24, 2.45) is 0 Å². The van der Waals surface area contributed by atoms with Gasteiger partial charge < -0.3 is 9.47 Å². The van der Waals surface area contributed by atoms with Gasteiger partial charge in [0.15, 0.2) is 17.3 Å². The van der Waals surface area contributed by atoms with Crippen LogP contribution in [0.2, 0.25) is 0 Å². The molecule has 0 saturated heterocycles. The molecule has 0 aliphatic carbocycles. The van der Waals surface area contributed by atoms with Gasteiger partial charge in [-0.05, 0) is 17.7 Å². The minimum atomic E-state index is -0.535. The molecule has 0 bridgehead atoms. The lowest BCUT2D eigenvalue weighted by atomic mass is 9.91. The molecule has 0 aromatic heterocycles. The zero-order valence-corrected chi connectivity index (χ0v) is 13.6. The van der Waals surface area contributed by atoms with Crippen molar-refractivity contribution in [3.63, 3.8) is 0 Å². The fourth-order valence-electron chi connectivity index (χ4n) is 2.54. The normalized spacial score (nSPS) is 11.6. The molecule has 0 heterocycles. The van der Waals surface area contributed by atoms with Crippen LogP contribution in [0.15, 0.2) is 48.5 Å². The number of Topliss-reactive ketones (excluding diaryl/α,β-unsaturated/α-hetero) is 1. The van der Waals surface area contributed by atoms with Crippen LogP contribution in [0.1, 0.15) is 28.3 Å². The Balaban J connectivity index is 2.28. The second-order valence-corrected chi connectivity index (χ2v) is 5.32. The van der Waals surface area contributed by atoms with Crippen LogP contribution in [-0.4, -0.2) is 31.5 Å². The van der Waals surface area contributed by atoms with Crippen molar-refractivity contribution in [1.29, 1.82) is 0 Å². The SMILES string of the molecule is COc1ccc(C(CC(=O)c2ccccc2)C[N+](=O)[O-])cc1OC. The van der Waals surface area contributed by atoms with Gasteiger partial charge in [0.05, 0.1) is 20.1 Å². The quantitative estimate of drug-likeness (QED) is 0.422. The third kappa shape index (κ3) is 4.32. The maximum absolute atomic E-state index is 12.4. The van der Waals surface area contributed by atoms with E-state index in [1.165, 1.54) is 14.2 Å². The summed E-state index contributed by atoms with van der Waals surface area (Å²) in [5, 5.41) is 11.0. The van der Waals surface area contributed by atoms with Gasteiger partial charge in [-0.1, -0.05) is 36.4 Å². The number of carbonyl (C=O) groups is 1. The molecule has 0 fully saturated rings. The Kier molecular flexibility index (Phi) is 5.89. The zero-order valence-electron chi connectivity index (χ0n) is 13.6. The molecular weight excluding hydrogens is 310 g/mol. The number of nitro groups is 1. The molecule has 6 nitrogen and oxygen atoms in total. The van der Waals surface area contributed by atoms with Crippen LogP contribution in [0.3, 0.4) is 0 Å². The van der Waals surface area contributed by atoms with E-state index in [2.05, 4.69) is 0 Å². The number of hydrogen-bond donors (Lipinski definition) is 0. The van der Waals surface area contributed by atoms with Crippen LogP contribution in [-0.2, 0) is 0 Å². The monoisotopic (exact) mass is 329 g/mol. The molecule has 0 aliphatic rings. The second-order valence-electron chi connectivity index (χ2n) is 5.32. The van der Waals surface area contributed by atoms with Crippen molar-refractivity contribution in [2.45, 2.75) is 12.3 Å². The van der Waals surface area contributed by atoms with Crippen molar-refractivity contribution < 1.29 is 19.2 Å². The van der Waals surface area contributed by atoms with E-state index in [0.29, 0.717) is 22.6 Å². The predicted molar refractivity (Wildman–Crippen MR) is 89.5 cm³/mol. The van der Waals surface area contributed by atoms with Crippen molar-refractivity contribution in [2.75, 3.05) is 20.8 Å². The number of benzene rings is 2. The molecule has 0 saturated carbocycles. The Morgan fingerprint density at radius 1 is 1.08 bits per heavy atom. The molecule has 0 spiro atoms. The van der Waals surface area contributed by atoms with Crippen LogP contribution in [0.5, 0.6) is 11.5 Å². The lowest BCUT2D eigenvalue weighted by Gasteiger charge is -2.15. The van der Waals surface area contributed by atoms with E-state index >= 15 is 0 Å². The molecule has 24 heavy (non-hydrogen) atoms. The molecule has 0 radical (unpaired) electrons. The van der Waals surface area contributed by atoms with Crippen molar-refractivity contribution >= 4 is 5.78 Å². The smallest absolute Gasteiger partial charge is 0.211 e. The Labute approximate surface area is 140 Å². The molecule has 0 N–H and O–H groups in total. The molecule has 126 valence electrons. The summed E-state index contributed by atoms with van der Waals surface area (Å²) in [4.78, 5) is 23.0. The highest BCUT2D eigenvalue weighted by molar-refractivity contribution is 5.96. The standard InChI is InChI=1S/C18H19NO5/c1-23-17-9-8-14(11-18(17)24-2)15(12-19(21)22)10-16(20)13-6-4-3-5-7-13/h3-9,11,15H,10,12H2,1-2H3. The summed E-state index contributed by atoms with van der Waals surface area (Å²) in [6.07, 6.45) is 0.0560. The Morgan fingerprint density at radius 2 is 1.75 bits per heavy atom. The highest BCUT2D eigenvalue weighted by atomic mass is 16.6. The van der Waals surface area contributed by atoms with Gasteiger partial charge in [0.25, 0.3) is 0 Å². The fraction of sp³-hybridized carbons (Fsp3) is 0.278. The van der Waals surface area contributed by atoms with Crippen molar-refractivity contribution in [1.82, 2.24) is 0 Å². The summed E-state index contributed by atoms with van der Waals surface area (Å²) in [6.45, 7) is -0.325. The topological polar surface area (TPSA) is 78.7 Å². The average Bonchev–Trinajstić information content (AvgIpc) is 2.60. The van der Waals surface area contributed by atoms with Gasteiger partial charge in [-0.25, -0.2) is 0 Å². The maximum Gasteiger partial charge on any atom is 0.211 e. The van der Waals surface area contributed by atoms with E-state index in [1.54, 1.807) is 42.5 Å². The number of methoxy groups -OCH3 is 2. The first kappa shape index (κ1) is 17.5. The van der Waals surface area contributed by atoms with Crippen LogP contribution in [0.25, 0.3) is 0 Å². The van der Waals surface area contributed by atoms with E-state index in [4.69, 9.17) is 9.47 Å². The number of hydrogen-bond acceptors (Lipinski definition) is 5. The predicted octanol–water partition coefficient (Wildman–Crippen LogP) is 3.34. The first-order chi connectivity index (χ1) is 11.5. The molecule has 2 aromatic rings. The van der Waals surface area contributed by atoms with E-state index in [0.717, 1.165) is 0 Å². The van der Waals surface area contributed by atoms with Crippen LogP contribution < -0.4 is 9.47 Å². The highest BCUT2D eigenvalue weighted by Gasteiger charge is 2.23. The largest absolute Gasteiger partial charge is 0.493 e. The lowest BCUT2D eigenvalue weighted by Crippen LogP contribution is -2.17. The van der Waals surface area contributed by atoms with Gasteiger partial charge in [0.2, 0.25) is 6.54 Å². The Hall–Kier alpha value is -2.89. The molecular formula is C18H19NO5. The summed E-state index contributed by atoms with van der Waals surface area (Å²) in [5.74, 6) is 0.357. The molecule has 1 atom stereocenters. The number of rotatable bonds is 8. The van der Waals surface area contributed by atoms with E-state index in [1.807, 2.05) is 6.07 Å². The molecule has 6 heteroatoms. The summed E-state index contributed by atoms with van der Waals surface area (Å²) >= 11 is 0. The summed E-state index contributed by atoms with van der Waals surface area (Å²) in [7, 11) is 3.02. The number of carbonyl (C=O) groups excluding carboxylic acids is 1. The van der Waals surface area contributed by atoms with Gasteiger partial charge in [-0.3, -0.25) is 14.9 Å². The molecule has 0 amide bonds. The third-order valence-electron chi connectivity index (χ3n) is 3.78. The summed E-state index contributed by atoms with van der Waals surface area (Å²) in [6, 6.07) is 13.9. The number of ether oxygens (including phenoxy) is 2. The minimum absolute atomic E-state index is 0.0560. The van der Waals surface area contributed by atoms with Gasteiger partial charge >= 0.3 is 0 Å². The minimum Gasteiger partial charge on any atom is -0.493 e. The number of ketones is 1. The van der Waals surface area contributed by atoms with Gasteiger partial charge in [-0.15, -0.1) is 0 Å². The van der Waals surface area contributed by atoms with Crippen molar-refractivity contribution in [3.8, 4) is 11.5 Å². The van der Waals surface area contributed by atoms with Gasteiger partial charge in [0, 0.05) is 16.9 Å². The lowest BCUT2D eigenvalue weighted by molar-refractivity contribution is -0.483. The number of nitrogens with zero attached hydrogens (tertiary/aromatic N) is 1. The van der Waals surface area contributed by atoms with E-state index < -0.39 is 10.8 Å². The van der Waals surface area contributed by atoms with Crippen LogP contribution in [0.4, 0.5) is 0 Å². The molecule has 0 aliphatic heterocycles. The Bertz CT molecular complexity index is 715. The maximum atomic E-state index is 12.4. The van der Waals surface area contributed by atoms with Crippen LogP contribution in [0, 0.1) is 10.1 Å². The molecule has 1 unspecified atom stereocenters. The van der Waals surface area contributed by atoms with Crippen LogP contribution >= 0.6 is 0 Å². The Morgan fingerprint density at radius 3 is 2.33 bits per heavy atom. The molecule has 2 aromatic carbocycles. The first-order valence-corrected chi connectivity index (χ1v) is 7.47. The van der Waals surface area contributed by atoms with E-state index in [9.17, 15) is 14.9 Å². The van der Waals surface area contributed by atoms with Gasteiger partial charge in [-0.2, -0.15) is 0 Å². The van der Waals surface area contributed by atoms with Gasteiger partial charge in [0.1, 0.15) is 0 Å². The fourth-order valence-corrected chi connectivity index (χ4v) is 2.54. The van der Waals surface area contributed by atoms with E-state index in [-0.39, 0.29) is 18.7 Å². The summed E-state index contributed by atoms with van der Waals surface area (Å²) < 4.78 is 10.4. The highest BCUT2D eigenvalue weighted by Crippen LogP contribution is 2.32. The first-order valence-electron chi connectivity index (χ1n) is 7.47. The summed E-state index contributed by atoms with van der Waals surface area (Å²) in [5.41, 5.74) is 1.22. The third-order valence-corrected chi connectivity index (χ3v) is 3.78. The second kappa shape index (κ2) is 8.10. The zero-order chi connectivity index (χ0) is 17.5. The van der Waals surface area contributed by atoms with Crippen molar-refractivity contribution in [3.05, 3.63) is 69.8 Å².